The smallest absolute Gasteiger partial charge is 0.224 e. The van der Waals surface area contributed by atoms with E-state index in [2.05, 4.69) is 21.9 Å². The number of nitrogens with one attached hydrogen (secondary N) is 1. The third-order valence-electron chi connectivity index (χ3n) is 2.94. The van der Waals surface area contributed by atoms with Crippen LogP contribution in [0.2, 0.25) is 0 Å². The van der Waals surface area contributed by atoms with Crippen LogP contribution in [0.5, 0.6) is 0 Å². The lowest BCUT2D eigenvalue weighted by Crippen LogP contribution is -2.38. The van der Waals surface area contributed by atoms with E-state index in [1.807, 2.05) is 32.2 Å². The van der Waals surface area contributed by atoms with E-state index in [0.717, 1.165) is 6.42 Å². The maximum absolute atomic E-state index is 12.1. The van der Waals surface area contributed by atoms with Gasteiger partial charge in [0, 0.05) is 29.7 Å². The highest BCUT2D eigenvalue weighted by Gasteiger charge is 2.16. The minimum absolute atomic E-state index is 0.0781. The molecule has 2 rings (SSSR count). The second kappa shape index (κ2) is 6.52. The molecule has 0 fully saturated rings. The topological polar surface area (TPSA) is 46.9 Å². The second-order valence-electron chi connectivity index (χ2n) is 4.82. The Labute approximate surface area is 117 Å². The van der Waals surface area contributed by atoms with Gasteiger partial charge in [-0.2, -0.15) is 5.10 Å². The van der Waals surface area contributed by atoms with Crippen LogP contribution < -0.4 is 5.32 Å². The zero-order valence-electron chi connectivity index (χ0n) is 11.2. The number of amides is 1. The van der Waals surface area contributed by atoms with Crippen molar-refractivity contribution in [3.05, 3.63) is 40.8 Å². The fraction of sp³-hybridized carbons (Fsp3) is 0.429. The molecule has 0 bridgehead atoms. The van der Waals surface area contributed by atoms with Gasteiger partial charge in [0.1, 0.15) is 0 Å². The highest BCUT2D eigenvalue weighted by molar-refractivity contribution is 7.09. The molecule has 5 heteroatoms. The lowest BCUT2D eigenvalue weighted by atomic mass is 10.1. The largest absolute Gasteiger partial charge is 0.353 e. The first kappa shape index (κ1) is 13.8. The van der Waals surface area contributed by atoms with Gasteiger partial charge in [-0.05, 0) is 24.4 Å². The molecule has 0 radical (unpaired) electrons. The lowest BCUT2D eigenvalue weighted by molar-refractivity contribution is -0.125. The van der Waals surface area contributed by atoms with Gasteiger partial charge < -0.3 is 5.32 Å². The van der Waals surface area contributed by atoms with Crippen molar-refractivity contribution in [2.75, 3.05) is 0 Å². The molecule has 1 amide bonds. The van der Waals surface area contributed by atoms with Crippen molar-refractivity contribution in [3.63, 3.8) is 0 Å². The summed E-state index contributed by atoms with van der Waals surface area (Å²) in [5, 5.41) is 9.23. The molecule has 2 heterocycles. The number of thiophene rings is 1. The summed E-state index contributed by atoms with van der Waals surface area (Å²) >= 11 is 1.73. The van der Waals surface area contributed by atoms with Crippen molar-refractivity contribution in [2.24, 2.45) is 5.92 Å². The number of rotatable bonds is 6. The van der Waals surface area contributed by atoms with Gasteiger partial charge in [0.25, 0.3) is 0 Å². The summed E-state index contributed by atoms with van der Waals surface area (Å²) in [6, 6.07) is 6.16. The molecule has 0 aliphatic heterocycles. The zero-order chi connectivity index (χ0) is 13.7. The molecule has 0 saturated carbocycles. The van der Waals surface area contributed by atoms with E-state index in [9.17, 15) is 4.79 Å². The lowest BCUT2D eigenvalue weighted by Gasteiger charge is -2.17. The molecule has 102 valence electrons. The molecule has 1 N–H and O–H groups in total. The van der Waals surface area contributed by atoms with E-state index in [0.29, 0.717) is 6.54 Å². The van der Waals surface area contributed by atoms with Gasteiger partial charge in [0.15, 0.2) is 0 Å². The summed E-state index contributed by atoms with van der Waals surface area (Å²) in [4.78, 5) is 13.4. The average Bonchev–Trinajstić information content (AvgIpc) is 3.01. The predicted octanol–water partition coefficient (Wildman–Crippen LogP) is 2.33. The molecule has 2 aromatic heterocycles. The number of nitrogens with zero attached hydrogens (tertiary/aromatic N) is 2. The molecule has 0 unspecified atom stereocenters. The second-order valence-corrected chi connectivity index (χ2v) is 5.85. The molecular formula is C14H19N3OS. The van der Waals surface area contributed by atoms with Gasteiger partial charge >= 0.3 is 0 Å². The standard InChI is InChI=1S/C14H19N3OS/c1-11(10-17-7-4-6-15-17)14(18)16-12(2)9-13-5-3-8-19-13/h3-8,11-12H,9-10H2,1-2H3,(H,16,18)/t11-,12+/m0/s1. The van der Waals surface area contributed by atoms with Crippen molar-refractivity contribution < 1.29 is 4.79 Å². The van der Waals surface area contributed by atoms with Gasteiger partial charge in [-0.1, -0.05) is 13.0 Å². The highest BCUT2D eigenvalue weighted by atomic mass is 32.1. The van der Waals surface area contributed by atoms with Crippen molar-refractivity contribution in [1.29, 1.82) is 0 Å². The third-order valence-corrected chi connectivity index (χ3v) is 3.84. The Morgan fingerprint density at radius 2 is 2.32 bits per heavy atom. The van der Waals surface area contributed by atoms with Gasteiger partial charge in [-0.3, -0.25) is 9.48 Å². The van der Waals surface area contributed by atoms with Crippen molar-refractivity contribution in [2.45, 2.75) is 32.9 Å². The van der Waals surface area contributed by atoms with Gasteiger partial charge in [-0.15, -0.1) is 11.3 Å². The van der Waals surface area contributed by atoms with Crippen LogP contribution in [0, 0.1) is 5.92 Å². The monoisotopic (exact) mass is 277 g/mol. The molecule has 0 aliphatic carbocycles. The summed E-state index contributed by atoms with van der Waals surface area (Å²) in [5.41, 5.74) is 0. The van der Waals surface area contributed by atoms with Crippen LogP contribution in [0.3, 0.4) is 0 Å². The number of aromatic nitrogens is 2. The minimum atomic E-state index is -0.0781. The molecule has 0 saturated heterocycles. The van der Waals surface area contributed by atoms with Crippen LogP contribution in [0.15, 0.2) is 36.0 Å². The van der Waals surface area contributed by atoms with Crippen molar-refractivity contribution in [1.82, 2.24) is 15.1 Å². The Morgan fingerprint density at radius 3 is 2.95 bits per heavy atom. The van der Waals surface area contributed by atoms with Crippen LogP contribution in [-0.2, 0) is 17.8 Å². The fourth-order valence-corrected chi connectivity index (χ4v) is 2.77. The van der Waals surface area contributed by atoms with E-state index in [1.165, 1.54) is 4.88 Å². The van der Waals surface area contributed by atoms with Gasteiger partial charge in [0.05, 0.1) is 12.5 Å². The van der Waals surface area contributed by atoms with Crippen LogP contribution in [-0.4, -0.2) is 21.7 Å². The molecule has 2 atom stereocenters. The highest BCUT2D eigenvalue weighted by Crippen LogP contribution is 2.11. The SMILES string of the molecule is C[C@H](Cc1cccs1)NC(=O)[C@@H](C)Cn1cccn1. The van der Waals surface area contributed by atoms with E-state index in [4.69, 9.17) is 0 Å². The third kappa shape index (κ3) is 4.21. The summed E-state index contributed by atoms with van der Waals surface area (Å²) in [7, 11) is 0. The Hall–Kier alpha value is -1.62. The Balaban J connectivity index is 1.79. The van der Waals surface area contributed by atoms with Crippen molar-refractivity contribution in [3.8, 4) is 0 Å². The first-order valence-corrected chi connectivity index (χ1v) is 7.33. The van der Waals surface area contributed by atoms with Crippen molar-refractivity contribution >= 4 is 17.2 Å². The zero-order valence-corrected chi connectivity index (χ0v) is 12.1. The average molecular weight is 277 g/mol. The molecule has 2 aromatic rings. The predicted molar refractivity (Wildman–Crippen MR) is 77.0 cm³/mol. The van der Waals surface area contributed by atoms with E-state index >= 15 is 0 Å². The molecule has 0 spiro atoms. The number of carbonyl (C=O) groups excluding carboxylic acids is 1. The maximum Gasteiger partial charge on any atom is 0.224 e. The Morgan fingerprint density at radius 1 is 1.47 bits per heavy atom. The number of hydrogen-bond donors (Lipinski definition) is 1. The maximum atomic E-state index is 12.1. The van der Waals surface area contributed by atoms with Crippen LogP contribution in [0.25, 0.3) is 0 Å². The van der Waals surface area contributed by atoms with Gasteiger partial charge in [0.2, 0.25) is 5.91 Å². The molecule has 0 aromatic carbocycles. The quantitative estimate of drug-likeness (QED) is 0.881. The van der Waals surface area contributed by atoms with Crippen LogP contribution in [0.1, 0.15) is 18.7 Å². The first-order valence-electron chi connectivity index (χ1n) is 6.45. The molecule has 19 heavy (non-hydrogen) atoms. The van der Waals surface area contributed by atoms with Crippen LogP contribution >= 0.6 is 11.3 Å². The minimum Gasteiger partial charge on any atom is -0.353 e. The van der Waals surface area contributed by atoms with E-state index in [-0.39, 0.29) is 17.9 Å². The Kier molecular flexibility index (Phi) is 4.74. The number of carbonyl (C=O) groups is 1. The summed E-state index contributed by atoms with van der Waals surface area (Å²) in [6.45, 7) is 4.58. The van der Waals surface area contributed by atoms with Gasteiger partial charge in [-0.25, -0.2) is 0 Å². The molecule has 4 nitrogen and oxygen atoms in total. The molecule has 0 aliphatic rings. The summed E-state index contributed by atoms with van der Waals surface area (Å²) in [5.74, 6) is 0.00485. The number of hydrogen-bond acceptors (Lipinski definition) is 3. The Bertz CT molecular complexity index is 493. The first-order chi connectivity index (χ1) is 9.15. The fourth-order valence-electron chi connectivity index (χ4n) is 1.94. The molecular weight excluding hydrogens is 258 g/mol. The summed E-state index contributed by atoms with van der Waals surface area (Å²) < 4.78 is 1.79. The van der Waals surface area contributed by atoms with Crippen LogP contribution in [0.4, 0.5) is 0 Å². The van der Waals surface area contributed by atoms with E-state index < -0.39 is 0 Å². The van der Waals surface area contributed by atoms with E-state index in [1.54, 1.807) is 22.2 Å². The summed E-state index contributed by atoms with van der Waals surface area (Å²) in [6.07, 6.45) is 4.49. The normalized spacial score (nSPS) is 14.0.